The largest absolute Gasteiger partial charge is 0.0761 e. The lowest BCUT2D eigenvalue weighted by molar-refractivity contribution is 0.584. The van der Waals surface area contributed by atoms with Crippen molar-refractivity contribution in [2.75, 3.05) is 0 Å². The summed E-state index contributed by atoms with van der Waals surface area (Å²) in [4.78, 5) is 0. The van der Waals surface area contributed by atoms with Gasteiger partial charge in [-0.15, -0.1) is 0 Å². The monoisotopic (exact) mass is 186 g/mol. The standard InChI is InChI=1S/C14H18/c1-9(2)13-6-5-12-7-10(3)11(4)8-14(12)13/h5-9,13H,1-4H3. The zero-order valence-electron chi connectivity index (χ0n) is 9.46. The van der Waals surface area contributed by atoms with E-state index in [0.717, 1.165) is 0 Å². The highest BCUT2D eigenvalue weighted by Gasteiger charge is 2.20. The SMILES string of the molecule is Cc1cc2c(cc1C)C(C(C)C)C=C2. The van der Waals surface area contributed by atoms with Gasteiger partial charge in [-0.05, 0) is 42.0 Å². The molecule has 14 heavy (non-hydrogen) atoms. The molecule has 0 bridgehead atoms. The molecule has 0 fully saturated rings. The summed E-state index contributed by atoms with van der Waals surface area (Å²) < 4.78 is 0. The van der Waals surface area contributed by atoms with Gasteiger partial charge in [0.05, 0.1) is 0 Å². The number of benzene rings is 1. The molecule has 1 aromatic carbocycles. The predicted octanol–water partition coefficient (Wildman–Crippen LogP) is 4.07. The van der Waals surface area contributed by atoms with Crippen molar-refractivity contribution in [1.29, 1.82) is 0 Å². The number of fused-ring (bicyclic) bond motifs is 1. The number of rotatable bonds is 1. The normalized spacial score (nSPS) is 19.1. The van der Waals surface area contributed by atoms with Crippen LogP contribution in [0.2, 0.25) is 0 Å². The summed E-state index contributed by atoms with van der Waals surface area (Å²) in [5, 5.41) is 0. The van der Waals surface area contributed by atoms with E-state index >= 15 is 0 Å². The van der Waals surface area contributed by atoms with Gasteiger partial charge < -0.3 is 0 Å². The summed E-state index contributed by atoms with van der Waals surface area (Å²) in [6.45, 7) is 8.97. The molecule has 0 nitrogen and oxygen atoms in total. The predicted molar refractivity (Wildman–Crippen MR) is 62.5 cm³/mol. The first-order chi connectivity index (χ1) is 6.59. The highest BCUT2D eigenvalue weighted by molar-refractivity contribution is 5.64. The van der Waals surface area contributed by atoms with Crippen LogP contribution in [0.25, 0.3) is 6.08 Å². The van der Waals surface area contributed by atoms with Crippen LogP contribution in [0.5, 0.6) is 0 Å². The molecule has 0 saturated carbocycles. The second-order valence-electron chi connectivity index (χ2n) is 4.69. The molecule has 0 radical (unpaired) electrons. The number of allylic oxidation sites excluding steroid dienone is 1. The second-order valence-corrected chi connectivity index (χ2v) is 4.69. The molecule has 2 rings (SSSR count). The van der Waals surface area contributed by atoms with E-state index in [0.29, 0.717) is 11.8 Å². The average Bonchev–Trinajstić information content (AvgIpc) is 2.48. The molecule has 1 aliphatic rings. The Balaban J connectivity index is 2.50. The van der Waals surface area contributed by atoms with Gasteiger partial charge in [-0.3, -0.25) is 0 Å². The molecule has 0 amide bonds. The Labute approximate surface area is 86.7 Å². The van der Waals surface area contributed by atoms with Crippen LogP contribution in [0.3, 0.4) is 0 Å². The fraction of sp³-hybridized carbons (Fsp3) is 0.429. The molecule has 0 N–H and O–H groups in total. The van der Waals surface area contributed by atoms with Gasteiger partial charge >= 0.3 is 0 Å². The maximum absolute atomic E-state index is 2.36. The van der Waals surface area contributed by atoms with Gasteiger partial charge in [-0.1, -0.05) is 38.1 Å². The van der Waals surface area contributed by atoms with Gasteiger partial charge in [-0.25, -0.2) is 0 Å². The number of hydrogen-bond donors (Lipinski definition) is 0. The molecule has 0 aliphatic heterocycles. The van der Waals surface area contributed by atoms with E-state index in [9.17, 15) is 0 Å². The Morgan fingerprint density at radius 2 is 1.71 bits per heavy atom. The summed E-state index contributed by atoms with van der Waals surface area (Å²) in [5.74, 6) is 1.33. The van der Waals surface area contributed by atoms with Crippen LogP contribution in [0.1, 0.15) is 42.0 Å². The van der Waals surface area contributed by atoms with E-state index in [2.05, 4.69) is 52.0 Å². The van der Waals surface area contributed by atoms with E-state index in [1.54, 1.807) is 0 Å². The first-order valence-corrected chi connectivity index (χ1v) is 5.39. The minimum atomic E-state index is 0.629. The molecule has 1 atom stereocenters. The first-order valence-electron chi connectivity index (χ1n) is 5.39. The minimum absolute atomic E-state index is 0.629. The fourth-order valence-corrected chi connectivity index (χ4v) is 2.19. The van der Waals surface area contributed by atoms with E-state index in [-0.39, 0.29) is 0 Å². The third-order valence-corrected chi connectivity index (χ3v) is 3.26. The smallest absolute Gasteiger partial charge is 0.00503 e. The molecule has 0 saturated heterocycles. The maximum Gasteiger partial charge on any atom is 0.00503 e. The zero-order chi connectivity index (χ0) is 10.3. The molecule has 1 aliphatic carbocycles. The van der Waals surface area contributed by atoms with Crippen LogP contribution in [0.15, 0.2) is 18.2 Å². The number of aryl methyl sites for hydroxylation is 2. The summed E-state index contributed by atoms with van der Waals surface area (Å²) in [7, 11) is 0. The van der Waals surface area contributed by atoms with Gasteiger partial charge in [0.2, 0.25) is 0 Å². The molecular weight excluding hydrogens is 168 g/mol. The van der Waals surface area contributed by atoms with E-state index in [1.807, 2.05) is 0 Å². The van der Waals surface area contributed by atoms with Crippen LogP contribution in [-0.4, -0.2) is 0 Å². The molecule has 0 spiro atoms. The molecule has 0 heterocycles. The second kappa shape index (κ2) is 3.27. The van der Waals surface area contributed by atoms with Crippen molar-refractivity contribution in [3.63, 3.8) is 0 Å². The van der Waals surface area contributed by atoms with Crippen molar-refractivity contribution < 1.29 is 0 Å². The Hall–Kier alpha value is -1.04. The van der Waals surface area contributed by atoms with Crippen LogP contribution in [0.4, 0.5) is 0 Å². The van der Waals surface area contributed by atoms with E-state index in [4.69, 9.17) is 0 Å². The van der Waals surface area contributed by atoms with Crippen LogP contribution in [0, 0.1) is 19.8 Å². The number of hydrogen-bond acceptors (Lipinski definition) is 0. The molecule has 1 aromatic rings. The molecule has 1 unspecified atom stereocenters. The topological polar surface area (TPSA) is 0 Å². The van der Waals surface area contributed by atoms with E-state index in [1.165, 1.54) is 22.3 Å². The van der Waals surface area contributed by atoms with Crippen molar-refractivity contribution in [1.82, 2.24) is 0 Å². The molecule has 0 heteroatoms. The maximum atomic E-state index is 2.36. The summed E-state index contributed by atoms with van der Waals surface area (Å²) in [6, 6.07) is 4.67. The van der Waals surface area contributed by atoms with Gasteiger partial charge in [0, 0.05) is 5.92 Å². The first kappa shape index (κ1) is 9.51. The van der Waals surface area contributed by atoms with Gasteiger partial charge in [-0.2, -0.15) is 0 Å². The van der Waals surface area contributed by atoms with Gasteiger partial charge in [0.25, 0.3) is 0 Å². The van der Waals surface area contributed by atoms with Crippen LogP contribution < -0.4 is 0 Å². The lowest BCUT2D eigenvalue weighted by Crippen LogP contribution is -2.02. The van der Waals surface area contributed by atoms with Crippen LogP contribution >= 0.6 is 0 Å². The highest BCUT2D eigenvalue weighted by atomic mass is 14.2. The van der Waals surface area contributed by atoms with Gasteiger partial charge in [0.15, 0.2) is 0 Å². The molecular formula is C14H18. The molecule has 0 aromatic heterocycles. The Morgan fingerprint density at radius 3 is 2.36 bits per heavy atom. The Morgan fingerprint density at radius 1 is 1.07 bits per heavy atom. The van der Waals surface area contributed by atoms with E-state index < -0.39 is 0 Å². The third-order valence-electron chi connectivity index (χ3n) is 3.26. The van der Waals surface area contributed by atoms with Gasteiger partial charge in [0.1, 0.15) is 0 Å². The van der Waals surface area contributed by atoms with Crippen molar-refractivity contribution >= 4 is 6.08 Å². The lowest BCUT2D eigenvalue weighted by atomic mass is 9.88. The highest BCUT2D eigenvalue weighted by Crippen LogP contribution is 2.36. The average molecular weight is 186 g/mol. The quantitative estimate of drug-likeness (QED) is 0.620. The van der Waals surface area contributed by atoms with Crippen molar-refractivity contribution in [3.05, 3.63) is 40.5 Å². The zero-order valence-corrected chi connectivity index (χ0v) is 9.46. The van der Waals surface area contributed by atoms with Crippen molar-refractivity contribution in [3.8, 4) is 0 Å². The minimum Gasteiger partial charge on any atom is -0.0761 e. The Bertz CT molecular complexity index is 383. The van der Waals surface area contributed by atoms with Crippen molar-refractivity contribution in [2.24, 2.45) is 5.92 Å². The summed E-state index contributed by atoms with van der Waals surface area (Å²) >= 11 is 0. The lowest BCUT2D eigenvalue weighted by Gasteiger charge is -2.16. The van der Waals surface area contributed by atoms with Crippen molar-refractivity contribution in [2.45, 2.75) is 33.6 Å². The summed E-state index contributed by atoms with van der Waals surface area (Å²) in [6.07, 6.45) is 4.61. The Kier molecular flexibility index (Phi) is 2.22. The fourth-order valence-electron chi connectivity index (χ4n) is 2.19. The third kappa shape index (κ3) is 1.39. The summed E-state index contributed by atoms with van der Waals surface area (Å²) in [5.41, 5.74) is 5.76. The van der Waals surface area contributed by atoms with Crippen LogP contribution in [-0.2, 0) is 0 Å². The molecule has 74 valence electrons.